The van der Waals surface area contributed by atoms with E-state index in [0.29, 0.717) is 0 Å². The van der Waals surface area contributed by atoms with Crippen LogP contribution in [0.25, 0.3) is 22.3 Å². The van der Waals surface area contributed by atoms with Crippen LogP contribution in [0.1, 0.15) is 0 Å². The molecule has 0 aromatic heterocycles. The van der Waals surface area contributed by atoms with Crippen LogP contribution in [0, 0.1) is 0 Å². The molecule has 0 fully saturated rings. The number of benzene rings is 2. The van der Waals surface area contributed by atoms with Crippen LogP contribution in [-0.2, 0) is 0 Å². The highest BCUT2D eigenvalue weighted by Gasteiger charge is 2.14. The molecule has 2 aliphatic carbocycles. The van der Waals surface area contributed by atoms with E-state index < -0.39 is 0 Å². The number of hydrogen-bond donors (Lipinski definition) is 0. The molecule has 0 aliphatic heterocycles. The molecule has 68 valence electrons. The number of rotatable bonds is 0. The smallest absolute Gasteiger partial charge is 0.0490 e. The third kappa shape index (κ3) is 1.06. The van der Waals surface area contributed by atoms with Crippen LogP contribution in [0.3, 0.4) is 0 Å². The van der Waals surface area contributed by atoms with Crippen molar-refractivity contribution in [3.63, 3.8) is 0 Å². The second kappa shape index (κ2) is 2.85. The zero-order valence-corrected chi connectivity index (χ0v) is 9.56. The van der Waals surface area contributed by atoms with Crippen LogP contribution in [-0.4, -0.2) is 0 Å². The first kappa shape index (κ1) is 8.51. The van der Waals surface area contributed by atoms with Crippen LogP contribution in [0.5, 0.6) is 0 Å². The highest BCUT2D eigenvalue weighted by molar-refractivity contribution is 9.10. The van der Waals surface area contributed by atoms with Crippen molar-refractivity contribution in [2.45, 2.75) is 0 Å². The Morgan fingerprint density at radius 3 is 2.36 bits per heavy atom. The third-order valence-electron chi connectivity index (χ3n) is 2.56. The summed E-state index contributed by atoms with van der Waals surface area (Å²) in [6.45, 7) is 0. The molecular formula is C12H6BrCl. The largest absolute Gasteiger partial charge is 0.0836 e. The van der Waals surface area contributed by atoms with Gasteiger partial charge in [0.2, 0.25) is 0 Å². The summed E-state index contributed by atoms with van der Waals surface area (Å²) in [6, 6.07) is 12.5. The number of hydrogen-bond acceptors (Lipinski definition) is 0. The summed E-state index contributed by atoms with van der Waals surface area (Å²) in [4.78, 5) is 0. The molecule has 0 radical (unpaired) electrons. The van der Waals surface area contributed by atoms with Gasteiger partial charge < -0.3 is 0 Å². The van der Waals surface area contributed by atoms with Gasteiger partial charge in [0.05, 0.1) is 0 Å². The zero-order chi connectivity index (χ0) is 9.71. The lowest BCUT2D eigenvalue weighted by molar-refractivity contribution is 1.65. The van der Waals surface area contributed by atoms with Crippen LogP contribution in [0.15, 0.2) is 40.9 Å². The predicted molar refractivity (Wildman–Crippen MR) is 63.6 cm³/mol. The van der Waals surface area contributed by atoms with Gasteiger partial charge >= 0.3 is 0 Å². The Balaban J connectivity index is 2.52. The Kier molecular flexibility index (Phi) is 1.73. The van der Waals surface area contributed by atoms with Gasteiger partial charge in [-0.05, 0) is 34.9 Å². The lowest BCUT2D eigenvalue weighted by Gasteiger charge is -2.02. The quantitative estimate of drug-likeness (QED) is 0.550. The minimum Gasteiger partial charge on any atom is -0.0836 e. The first-order valence-corrected chi connectivity index (χ1v) is 5.52. The molecule has 0 N–H and O–H groups in total. The van der Waals surface area contributed by atoms with Crippen LogP contribution in [0.2, 0.25) is 5.02 Å². The van der Waals surface area contributed by atoms with E-state index in [9.17, 15) is 0 Å². The highest BCUT2D eigenvalue weighted by Crippen LogP contribution is 2.41. The molecule has 2 aromatic carbocycles. The summed E-state index contributed by atoms with van der Waals surface area (Å²) in [5.41, 5.74) is 4.68. The lowest BCUT2D eigenvalue weighted by atomic mass is 10.1. The summed E-state index contributed by atoms with van der Waals surface area (Å²) in [5, 5.41) is 0.824. The molecule has 0 unspecified atom stereocenters. The average Bonchev–Trinajstić information content (AvgIpc) is 2.38. The van der Waals surface area contributed by atoms with Gasteiger partial charge in [-0.3, -0.25) is 0 Å². The molecule has 2 heteroatoms. The fourth-order valence-electron chi connectivity index (χ4n) is 1.82. The molecular weight excluding hydrogens is 259 g/mol. The van der Waals surface area contributed by atoms with E-state index >= 15 is 0 Å². The van der Waals surface area contributed by atoms with E-state index in [0.717, 1.165) is 15.1 Å². The lowest BCUT2D eigenvalue weighted by Crippen LogP contribution is -1.76. The van der Waals surface area contributed by atoms with E-state index in [1.54, 1.807) is 0 Å². The van der Waals surface area contributed by atoms with Crippen LogP contribution >= 0.6 is 27.5 Å². The van der Waals surface area contributed by atoms with Gasteiger partial charge in [-0.2, -0.15) is 0 Å². The minimum atomic E-state index is 0.824. The van der Waals surface area contributed by atoms with Gasteiger partial charge in [-0.1, -0.05) is 45.7 Å². The molecule has 0 amide bonds. The molecule has 0 spiro atoms. The maximum Gasteiger partial charge on any atom is 0.0490 e. The Morgan fingerprint density at radius 2 is 1.57 bits per heavy atom. The second-order valence-corrected chi connectivity index (χ2v) is 4.65. The Bertz CT molecular complexity index is 532. The SMILES string of the molecule is Clc1cc2ccc1-c1cc-2ccc1Br. The maximum absolute atomic E-state index is 6.19. The average molecular weight is 266 g/mol. The summed E-state index contributed by atoms with van der Waals surface area (Å²) < 4.78 is 1.09. The maximum atomic E-state index is 6.19. The predicted octanol–water partition coefficient (Wildman–Crippen LogP) is 4.75. The van der Waals surface area contributed by atoms with Gasteiger partial charge in [0, 0.05) is 15.1 Å². The van der Waals surface area contributed by atoms with Crippen molar-refractivity contribution in [1.82, 2.24) is 0 Å². The molecule has 4 rings (SSSR count). The van der Waals surface area contributed by atoms with Gasteiger partial charge in [0.1, 0.15) is 0 Å². The summed E-state index contributed by atoms with van der Waals surface area (Å²) in [5.74, 6) is 0. The van der Waals surface area contributed by atoms with E-state index in [4.69, 9.17) is 11.6 Å². The van der Waals surface area contributed by atoms with Crippen LogP contribution < -0.4 is 0 Å². The number of fused-ring (bicyclic) bond motifs is 2. The van der Waals surface area contributed by atoms with Crippen molar-refractivity contribution in [1.29, 1.82) is 0 Å². The zero-order valence-electron chi connectivity index (χ0n) is 7.22. The standard InChI is InChI=1S/C12H6BrCl/c13-11-4-2-7-5-10(11)9-3-1-8(7)6-12(9)14/h1-6H. The molecule has 0 heterocycles. The molecule has 14 heavy (non-hydrogen) atoms. The molecule has 0 saturated carbocycles. The second-order valence-electron chi connectivity index (χ2n) is 3.39. The molecule has 0 nitrogen and oxygen atoms in total. The van der Waals surface area contributed by atoms with Crippen molar-refractivity contribution >= 4 is 27.5 Å². The van der Waals surface area contributed by atoms with Gasteiger partial charge in [0.25, 0.3) is 0 Å². The van der Waals surface area contributed by atoms with Crippen molar-refractivity contribution in [2.24, 2.45) is 0 Å². The van der Waals surface area contributed by atoms with Crippen molar-refractivity contribution < 1.29 is 0 Å². The monoisotopic (exact) mass is 264 g/mol. The summed E-state index contributed by atoms with van der Waals surface area (Å²) >= 11 is 9.72. The molecule has 0 saturated heterocycles. The Morgan fingerprint density at radius 1 is 0.857 bits per heavy atom. The fourth-order valence-corrected chi connectivity index (χ4v) is 2.57. The molecule has 2 aliphatic rings. The minimum absolute atomic E-state index is 0.824. The van der Waals surface area contributed by atoms with Crippen molar-refractivity contribution in [3.05, 3.63) is 45.9 Å². The fraction of sp³-hybridized carbons (Fsp3) is 0. The van der Waals surface area contributed by atoms with Crippen molar-refractivity contribution in [3.8, 4) is 22.3 Å². The van der Waals surface area contributed by atoms with Gasteiger partial charge in [-0.15, -0.1) is 0 Å². The Hall–Kier alpha value is -0.790. The summed E-state index contributed by atoms with van der Waals surface area (Å²) in [6.07, 6.45) is 0. The van der Waals surface area contributed by atoms with Gasteiger partial charge in [0.15, 0.2) is 0 Å². The molecule has 2 aromatic rings. The normalized spacial score (nSPS) is 11.6. The van der Waals surface area contributed by atoms with Crippen LogP contribution in [0.4, 0.5) is 0 Å². The third-order valence-corrected chi connectivity index (χ3v) is 3.56. The van der Waals surface area contributed by atoms with Crippen molar-refractivity contribution in [2.75, 3.05) is 0 Å². The highest BCUT2D eigenvalue weighted by atomic mass is 79.9. The van der Waals surface area contributed by atoms with E-state index in [1.807, 2.05) is 6.07 Å². The number of halogens is 2. The van der Waals surface area contributed by atoms with E-state index in [2.05, 4.69) is 46.3 Å². The molecule has 4 bridgehead atoms. The summed E-state index contributed by atoms with van der Waals surface area (Å²) in [7, 11) is 0. The molecule has 0 atom stereocenters. The van der Waals surface area contributed by atoms with Gasteiger partial charge in [-0.25, -0.2) is 0 Å². The van der Waals surface area contributed by atoms with E-state index in [-0.39, 0.29) is 0 Å². The first-order valence-electron chi connectivity index (χ1n) is 4.35. The van der Waals surface area contributed by atoms with E-state index in [1.165, 1.54) is 16.7 Å². The first-order chi connectivity index (χ1) is 6.75. The topological polar surface area (TPSA) is 0 Å². The Labute approximate surface area is 95.7 Å².